The van der Waals surface area contributed by atoms with E-state index in [1.54, 1.807) is 30.3 Å². The molecule has 0 saturated heterocycles. The molecule has 0 spiro atoms. The molecule has 20 heavy (non-hydrogen) atoms. The Kier molecular flexibility index (Phi) is 2.91. The monoisotopic (exact) mass is 263 g/mol. The second-order valence-electron chi connectivity index (χ2n) is 4.14. The van der Waals surface area contributed by atoms with Gasteiger partial charge in [0.2, 0.25) is 0 Å². The molecule has 0 aliphatic heterocycles. The predicted octanol–water partition coefficient (Wildman–Crippen LogP) is 3.53. The number of nitrogens with zero attached hydrogens (tertiary/aromatic N) is 4. The number of hydrogen-bond donors (Lipinski definition) is 1. The number of aromatic amines is 1. The Morgan fingerprint density at radius 3 is 2.70 bits per heavy atom. The molecule has 1 N–H and O–H groups in total. The zero-order chi connectivity index (χ0) is 13.9. The standard InChI is InChI=1S/C14H9N5O/c15-19-18-10-6-2-1-5-9(10)13-14(20)17-12-8-4-3-7-11(12)16-13/h1-8H,(H,17,20). The third kappa shape index (κ3) is 2.00. The van der Waals surface area contributed by atoms with Gasteiger partial charge in [-0.1, -0.05) is 41.5 Å². The zero-order valence-corrected chi connectivity index (χ0v) is 10.3. The summed E-state index contributed by atoms with van der Waals surface area (Å²) in [5, 5.41) is 3.59. The number of nitrogens with one attached hydrogen (secondary N) is 1. The van der Waals surface area contributed by atoms with Gasteiger partial charge in [-0.15, -0.1) is 0 Å². The summed E-state index contributed by atoms with van der Waals surface area (Å²) in [6, 6.07) is 14.1. The van der Waals surface area contributed by atoms with Gasteiger partial charge in [0, 0.05) is 16.2 Å². The summed E-state index contributed by atoms with van der Waals surface area (Å²) in [5.74, 6) is 0. The highest BCUT2D eigenvalue weighted by atomic mass is 16.1. The highest BCUT2D eigenvalue weighted by Crippen LogP contribution is 2.27. The van der Waals surface area contributed by atoms with Crippen molar-refractivity contribution in [3.8, 4) is 11.3 Å². The van der Waals surface area contributed by atoms with Crippen LogP contribution in [-0.2, 0) is 0 Å². The second kappa shape index (κ2) is 4.87. The van der Waals surface area contributed by atoms with Crippen molar-refractivity contribution in [2.24, 2.45) is 5.11 Å². The quantitative estimate of drug-likeness (QED) is 0.435. The lowest BCUT2D eigenvalue weighted by Gasteiger charge is -2.05. The van der Waals surface area contributed by atoms with Crippen LogP contribution in [-0.4, -0.2) is 9.97 Å². The first kappa shape index (κ1) is 12.0. The third-order valence-corrected chi connectivity index (χ3v) is 2.91. The molecule has 3 aromatic rings. The summed E-state index contributed by atoms with van der Waals surface area (Å²) in [7, 11) is 0. The summed E-state index contributed by atoms with van der Waals surface area (Å²) < 4.78 is 0. The van der Waals surface area contributed by atoms with Crippen LogP contribution in [0.5, 0.6) is 0 Å². The Balaban J connectivity index is 2.32. The normalized spacial score (nSPS) is 10.2. The van der Waals surface area contributed by atoms with Gasteiger partial charge in [-0.25, -0.2) is 4.98 Å². The fourth-order valence-corrected chi connectivity index (χ4v) is 2.02. The van der Waals surface area contributed by atoms with Crippen LogP contribution in [0.2, 0.25) is 0 Å². The van der Waals surface area contributed by atoms with Crippen LogP contribution in [0.25, 0.3) is 32.7 Å². The lowest BCUT2D eigenvalue weighted by atomic mass is 10.1. The Morgan fingerprint density at radius 2 is 1.85 bits per heavy atom. The summed E-state index contributed by atoms with van der Waals surface area (Å²) in [6.07, 6.45) is 0. The number of fused-ring (bicyclic) bond motifs is 1. The summed E-state index contributed by atoms with van der Waals surface area (Å²) in [4.78, 5) is 22.0. The van der Waals surface area contributed by atoms with Gasteiger partial charge in [-0.2, -0.15) is 0 Å². The third-order valence-electron chi connectivity index (χ3n) is 2.91. The van der Waals surface area contributed by atoms with E-state index in [0.717, 1.165) is 0 Å². The van der Waals surface area contributed by atoms with Crippen molar-refractivity contribution in [3.63, 3.8) is 0 Å². The molecular formula is C14H9N5O. The summed E-state index contributed by atoms with van der Waals surface area (Å²) in [6.45, 7) is 0. The molecule has 6 heteroatoms. The molecule has 0 bridgehead atoms. The summed E-state index contributed by atoms with van der Waals surface area (Å²) in [5.41, 5.74) is 10.7. The highest BCUT2D eigenvalue weighted by molar-refractivity contribution is 5.79. The molecule has 0 aliphatic rings. The predicted molar refractivity (Wildman–Crippen MR) is 76.6 cm³/mol. The molecular weight excluding hydrogens is 254 g/mol. The molecule has 0 fully saturated rings. The molecule has 2 aromatic carbocycles. The van der Waals surface area contributed by atoms with Crippen molar-refractivity contribution >= 4 is 16.7 Å². The van der Waals surface area contributed by atoms with Gasteiger partial charge in [0.15, 0.2) is 0 Å². The maximum Gasteiger partial charge on any atom is 0.274 e. The summed E-state index contributed by atoms with van der Waals surface area (Å²) >= 11 is 0. The van der Waals surface area contributed by atoms with Gasteiger partial charge in [0.05, 0.1) is 11.0 Å². The van der Waals surface area contributed by atoms with E-state index in [2.05, 4.69) is 20.0 Å². The van der Waals surface area contributed by atoms with E-state index < -0.39 is 0 Å². The van der Waals surface area contributed by atoms with E-state index >= 15 is 0 Å². The molecule has 0 unspecified atom stereocenters. The number of rotatable bonds is 2. The van der Waals surface area contributed by atoms with Crippen LogP contribution in [0.3, 0.4) is 0 Å². The molecule has 1 heterocycles. The first-order valence-electron chi connectivity index (χ1n) is 5.93. The van der Waals surface area contributed by atoms with Crippen LogP contribution in [0.15, 0.2) is 58.4 Å². The van der Waals surface area contributed by atoms with Crippen molar-refractivity contribution in [3.05, 3.63) is 69.3 Å². The number of para-hydroxylation sites is 2. The number of H-pyrrole nitrogens is 1. The highest BCUT2D eigenvalue weighted by Gasteiger charge is 2.10. The van der Waals surface area contributed by atoms with Gasteiger partial charge < -0.3 is 4.98 Å². The van der Waals surface area contributed by atoms with Crippen LogP contribution in [0.4, 0.5) is 5.69 Å². The maximum absolute atomic E-state index is 12.1. The molecule has 3 rings (SSSR count). The first-order chi connectivity index (χ1) is 9.79. The van der Waals surface area contributed by atoms with E-state index in [4.69, 9.17) is 5.53 Å². The molecule has 0 aliphatic carbocycles. The smallest absolute Gasteiger partial charge is 0.274 e. The average molecular weight is 263 g/mol. The molecule has 0 saturated carbocycles. The molecule has 0 atom stereocenters. The Labute approximate surface area is 113 Å². The van der Waals surface area contributed by atoms with E-state index in [-0.39, 0.29) is 11.3 Å². The van der Waals surface area contributed by atoms with Crippen LogP contribution in [0.1, 0.15) is 0 Å². The maximum atomic E-state index is 12.1. The SMILES string of the molecule is [N-]=[N+]=Nc1ccccc1-c1nc2ccccc2[nH]c1=O. The number of benzene rings is 2. The van der Waals surface area contributed by atoms with E-state index in [1.165, 1.54) is 0 Å². The van der Waals surface area contributed by atoms with Gasteiger partial charge in [0.1, 0.15) is 5.69 Å². The van der Waals surface area contributed by atoms with Crippen molar-refractivity contribution in [1.82, 2.24) is 9.97 Å². The van der Waals surface area contributed by atoms with Crippen LogP contribution >= 0.6 is 0 Å². The van der Waals surface area contributed by atoms with Crippen LogP contribution < -0.4 is 5.56 Å². The number of aromatic nitrogens is 2. The van der Waals surface area contributed by atoms with E-state index in [9.17, 15) is 4.79 Å². The van der Waals surface area contributed by atoms with E-state index in [1.807, 2.05) is 18.2 Å². The lowest BCUT2D eigenvalue weighted by Crippen LogP contribution is -2.11. The van der Waals surface area contributed by atoms with Crippen molar-refractivity contribution in [1.29, 1.82) is 0 Å². The van der Waals surface area contributed by atoms with Gasteiger partial charge >= 0.3 is 0 Å². The van der Waals surface area contributed by atoms with Gasteiger partial charge in [-0.05, 0) is 17.7 Å². The van der Waals surface area contributed by atoms with Crippen molar-refractivity contribution < 1.29 is 0 Å². The fraction of sp³-hybridized carbons (Fsp3) is 0. The fourth-order valence-electron chi connectivity index (χ4n) is 2.02. The number of azide groups is 1. The minimum atomic E-state index is -0.315. The minimum Gasteiger partial charge on any atom is -0.319 e. The van der Waals surface area contributed by atoms with Crippen molar-refractivity contribution in [2.75, 3.05) is 0 Å². The van der Waals surface area contributed by atoms with Crippen molar-refractivity contribution in [2.45, 2.75) is 0 Å². The minimum absolute atomic E-state index is 0.242. The zero-order valence-electron chi connectivity index (χ0n) is 10.3. The Morgan fingerprint density at radius 1 is 1.10 bits per heavy atom. The molecule has 1 aromatic heterocycles. The molecule has 96 valence electrons. The van der Waals surface area contributed by atoms with Crippen LogP contribution in [0, 0.1) is 0 Å². The number of hydrogen-bond acceptors (Lipinski definition) is 3. The molecule has 0 amide bonds. The second-order valence-corrected chi connectivity index (χ2v) is 4.14. The molecule has 0 radical (unpaired) electrons. The topological polar surface area (TPSA) is 94.5 Å². The molecule has 6 nitrogen and oxygen atoms in total. The van der Waals surface area contributed by atoms with Gasteiger partial charge in [-0.3, -0.25) is 4.79 Å². The van der Waals surface area contributed by atoms with Gasteiger partial charge in [0.25, 0.3) is 5.56 Å². The Bertz CT molecular complexity index is 893. The first-order valence-corrected chi connectivity index (χ1v) is 5.93. The largest absolute Gasteiger partial charge is 0.319 e. The van der Waals surface area contributed by atoms with E-state index in [0.29, 0.717) is 22.3 Å². The Hall–Kier alpha value is -3.11. The lowest BCUT2D eigenvalue weighted by molar-refractivity contribution is 1.22. The average Bonchev–Trinajstić information content (AvgIpc) is 2.48.